The van der Waals surface area contributed by atoms with Crippen LogP contribution in [0.3, 0.4) is 0 Å². The van der Waals surface area contributed by atoms with E-state index in [0.717, 1.165) is 16.7 Å². The van der Waals surface area contributed by atoms with E-state index in [2.05, 4.69) is 0 Å². The van der Waals surface area contributed by atoms with Crippen LogP contribution in [0.25, 0.3) is 5.57 Å². The number of carbonyl (C=O) groups is 1. The van der Waals surface area contributed by atoms with Crippen LogP contribution < -0.4 is 0 Å². The van der Waals surface area contributed by atoms with E-state index in [4.69, 9.17) is 9.57 Å². The van der Waals surface area contributed by atoms with Gasteiger partial charge in [-0.05, 0) is 43.4 Å². The minimum atomic E-state index is -0.950. The summed E-state index contributed by atoms with van der Waals surface area (Å²) in [6.45, 7) is 5.09. The van der Waals surface area contributed by atoms with Crippen molar-refractivity contribution in [1.29, 1.82) is 0 Å². The summed E-state index contributed by atoms with van der Waals surface area (Å²) >= 11 is 0. The zero-order chi connectivity index (χ0) is 18.9. The molecule has 0 aliphatic carbocycles. The molecule has 0 saturated carbocycles. The molecule has 2 aliphatic rings. The Morgan fingerprint density at radius 3 is 2.35 bits per heavy atom. The van der Waals surface area contributed by atoms with Crippen molar-refractivity contribution in [2.45, 2.75) is 32.2 Å². The molecule has 142 valence electrons. The summed E-state index contributed by atoms with van der Waals surface area (Å²) in [5.41, 5.74) is 1.94. The van der Waals surface area contributed by atoms with Crippen LogP contribution in [-0.4, -0.2) is 65.3 Å². The molecular weight excluding hydrogens is 336 g/mol. The number of rotatable bonds is 5. The highest BCUT2D eigenvalue weighted by molar-refractivity contribution is 6.23. The maximum Gasteiger partial charge on any atom is 0.282 e. The smallest absolute Gasteiger partial charge is 0.282 e. The van der Waals surface area contributed by atoms with Gasteiger partial charge in [0, 0.05) is 20.2 Å². The number of ether oxygens (including phenoxy) is 1. The molecule has 1 saturated heterocycles. The van der Waals surface area contributed by atoms with Crippen LogP contribution in [0.15, 0.2) is 24.0 Å². The molecule has 1 aromatic rings. The Labute approximate surface area is 153 Å². The molecule has 0 unspecified atom stereocenters. The summed E-state index contributed by atoms with van der Waals surface area (Å²) in [6.07, 6.45) is 0.783. The van der Waals surface area contributed by atoms with Crippen molar-refractivity contribution in [3.8, 4) is 0 Å². The minimum absolute atomic E-state index is 0.0328. The van der Waals surface area contributed by atoms with Gasteiger partial charge in [0.15, 0.2) is 0 Å². The van der Waals surface area contributed by atoms with Gasteiger partial charge in [-0.1, -0.05) is 18.2 Å². The lowest BCUT2D eigenvalue weighted by Gasteiger charge is -2.41. The second-order valence-corrected chi connectivity index (χ2v) is 6.90. The fourth-order valence-corrected chi connectivity index (χ4v) is 3.86. The second-order valence-electron chi connectivity index (χ2n) is 6.90. The molecule has 0 radical (unpaired) electrons. The number of aliphatic hydroxyl groups is 1. The lowest BCUT2D eigenvalue weighted by atomic mass is 9.85. The molecular formula is C19H26N2O5. The molecule has 0 bridgehead atoms. The van der Waals surface area contributed by atoms with Crippen molar-refractivity contribution in [3.05, 3.63) is 40.6 Å². The van der Waals surface area contributed by atoms with Crippen molar-refractivity contribution in [1.82, 2.24) is 10.1 Å². The van der Waals surface area contributed by atoms with Crippen LogP contribution in [0.2, 0.25) is 0 Å². The summed E-state index contributed by atoms with van der Waals surface area (Å²) < 4.78 is 5.02. The van der Waals surface area contributed by atoms with E-state index in [1.54, 1.807) is 7.11 Å². The van der Waals surface area contributed by atoms with Gasteiger partial charge >= 0.3 is 0 Å². The van der Waals surface area contributed by atoms with Gasteiger partial charge in [-0.2, -0.15) is 5.06 Å². The molecule has 3 rings (SSSR count). The first-order chi connectivity index (χ1) is 12.4. The highest BCUT2D eigenvalue weighted by Crippen LogP contribution is 2.46. The van der Waals surface area contributed by atoms with Crippen molar-refractivity contribution in [2.24, 2.45) is 0 Å². The molecule has 1 spiro atoms. The molecule has 2 N–H and O–H groups in total. The number of amides is 1. The number of aryl methyl sites for hydroxylation is 2. The number of aliphatic hydroxyl groups excluding tert-OH is 1. The maximum atomic E-state index is 13.2. The normalized spacial score (nSPS) is 20.5. The molecule has 0 aromatic heterocycles. The Morgan fingerprint density at radius 1 is 1.15 bits per heavy atom. The molecule has 7 heteroatoms. The topological polar surface area (TPSA) is 82.5 Å². The standard InChI is InChI=1S/C19H26N2O5/c1-13-5-4-6-14(2)15(13)16-17(22)19(7-9-20(24)10-8-19)21(18(16)23)26-12-11-25-3/h4-6,22,24H,7-12H2,1-3H3. The summed E-state index contributed by atoms with van der Waals surface area (Å²) in [5.74, 6) is -0.312. The zero-order valence-electron chi connectivity index (χ0n) is 15.5. The summed E-state index contributed by atoms with van der Waals surface area (Å²) in [5, 5.41) is 23.4. The first kappa shape index (κ1) is 18.8. The molecule has 0 atom stereocenters. The predicted octanol–water partition coefficient (Wildman–Crippen LogP) is 2.22. The van der Waals surface area contributed by atoms with Crippen LogP contribution >= 0.6 is 0 Å². The van der Waals surface area contributed by atoms with E-state index in [1.165, 1.54) is 10.1 Å². The Bertz CT molecular complexity index is 702. The van der Waals surface area contributed by atoms with Crippen LogP contribution in [0.4, 0.5) is 0 Å². The molecule has 26 heavy (non-hydrogen) atoms. The Kier molecular flexibility index (Phi) is 5.34. The van der Waals surface area contributed by atoms with Crippen LogP contribution in [0, 0.1) is 13.8 Å². The van der Waals surface area contributed by atoms with Crippen molar-refractivity contribution in [3.63, 3.8) is 0 Å². The van der Waals surface area contributed by atoms with E-state index < -0.39 is 5.54 Å². The Morgan fingerprint density at radius 2 is 1.77 bits per heavy atom. The fourth-order valence-electron chi connectivity index (χ4n) is 3.86. The van der Waals surface area contributed by atoms with Crippen LogP contribution in [0.1, 0.15) is 29.5 Å². The van der Waals surface area contributed by atoms with Crippen LogP contribution in [-0.2, 0) is 14.4 Å². The van der Waals surface area contributed by atoms with Gasteiger partial charge in [0.1, 0.15) is 11.3 Å². The van der Waals surface area contributed by atoms with E-state index in [0.29, 0.717) is 38.1 Å². The summed E-state index contributed by atoms with van der Waals surface area (Å²) in [7, 11) is 1.56. The average molecular weight is 362 g/mol. The third kappa shape index (κ3) is 3.01. The minimum Gasteiger partial charge on any atom is -0.509 e. The molecule has 1 amide bonds. The molecule has 2 aliphatic heterocycles. The van der Waals surface area contributed by atoms with Gasteiger partial charge in [-0.15, -0.1) is 0 Å². The van der Waals surface area contributed by atoms with E-state index in [1.807, 2.05) is 32.0 Å². The molecule has 2 heterocycles. The first-order valence-electron chi connectivity index (χ1n) is 8.83. The van der Waals surface area contributed by atoms with Crippen LogP contribution in [0.5, 0.6) is 0 Å². The average Bonchev–Trinajstić information content (AvgIpc) is 2.80. The molecule has 1 fully saturated rings. The van der Waals surface area contributed by atoms with Gasteiger partial charge in [-0.3, -0.25) is 9.63 Å². The number of hydroxylamine groups is 4. The highest BCUT2D eigenvalue weighted by Gasteiger charge is 2.55. The van der Waals surface area contributed by atoms with Crippen molar-refractivity contribution >= 4 is 11.5 Å². The van der Waals surface area contributed by atoms with E-state index >= 15 is 0 Å². The van der Waals surface area contributed by atoms with Gasteiger partial charge in [0.2, 0.25) is 0 Å². The lowest BCUT2D eigenvalue weighted by molar-refractivity contribution is -0.231. The SMILES string of the molecule is COCCON1C(=O)C(c2c(C)cccc2C)=C(O)C12CCN(O)CC2. The first-order valence-corrected chi connectivity index (χ1v) is 8.83. The van der Waals surface area contributed by atoms with Gasteiger partial charge in [0.05, 0.1) is 18.8 Å². The van der Waals surface area contributed by atoms with E-state index in [9.17, 15) is 15.1 Å². The summed E-state index contributed by atoms with van der Waals surface area (Å²) in [4.78, 5) is 19.0. The predicted molar refractivity (Wildman–Crippen MR) is 95.5 cm³/mol. The van der Waals surface area contributed by atoms with Crippen molar-refractivity contribution < 1.29 is 24.7 Å². The monoisotopic (exact) mass is 362 g/mol. The highest BCUT2D eigenvalue weighted by atomic mass is 16.7. The number of nitrogens with zero attached hydrogens (tertiary/aromatic N) is 2. The quantitative estimate of drug-likeness (QED) is 0.782. The Hall–Kier alpha value is -1.93. The Balaban J connectivity index is 2.06. The number of piperidine rings is 1. The van der Waals surface area contributed by atoms with Gasteiger partial charge in [0.25, 0.3) is 5.91 Å². The second kappa shape index (κ2) is 7.36. The fraction of sp³-hybridized carbons (Fsp3) is 0.526. The number of carbonyl (C=O) groups excluding carboxylic acids is 1. The number of benzene rings is 1. The number of hydrogen-bond donors (Lipinski definition) is 2. The summed E-state index contributed by atoms with van der Waals surface area (Å²) in [6, 6.07) is 5.78. The third-order valence-electron chi connectivity index (χ3n) is 5.27. The molecule has 1 aromatic carbocycles. The van der Waals surface area contributed by atoms with E-state index in [-0.39, 0.29) is 18.3 Å². The third-order valence-corrected chi connectivity index (χ3v) is 5.27. The zero-order valence-corrected chi connectivity index (χ0v) is 15.5. The molecule has 7 nitrogen and oxygen atoms in total. The van der Waals surface area contributed by atoms with Gasteiger partial charge < -0.3 is 15.1 Å². The van der Waals surface area contributed by atoms with Gasteiger partial charge in [-0.25, -0.2) is 5.06 Å². The maximum absolute atomic E-state index is 13.2. The lowest BCUT2D eigenvalue weighted by Crippen LogP contribution is -2.54. The number of methoxy groups -OCH3 is 1. The largest absolute Gasteiger partial charge is 0.509 e. The van der Waals surface area contributed by atoms with Crippen molar-refractivity contribution in [2.75, 3.05) is 33.4 Å². The number of hydrogen-bond acceptors (Lipinski definition) is 6.